The first-order valence-corrected chi connectivity index (χ1v) is 22.3. The van der Waals surface area contributed by atoms with E-state index in [1.54, 1.807) is 0 Å². The molecule has 1 aromatic carbocycles. The van der Waals surface area contributed by atoms with Gasteiger partial charge in [0.05, 0.1) is 6.61 Å². The van der Waals surface area contributed by atoms with E-state index in [9.17, 15) is 0 Å². The third-order valence-corrected chi connectivity index (χ3v) is 11.1. The monoisotopic (exact) mass is 727 g/mol. The van der Waals surface area contributed by atoms with Crippen molar-refractivity contribution in [3.63, 3.8) is 0 Å². The van der Waals surface area contributed by atoms with Gasteiger partial charge in [0.25, 0.3) is 0 Å². The molecular weight excluding hydrogens is 645 g/mol. The summed E-state index contributed by atoms with van der Waals surface area (Å²) in [7, 11) is 0. The van der Waals surface area contributed by atoms with E-state index in [1.165, 1.54) is 151 Å². The summed E-state index contributed by atoms with van der Waals surface area (Å²) < 4.78 is 10.9. The molecule has 0 aliphatic carbocycles. The van der Waals surface area contributed by atoms with Crippen molar-refractivity contribution in [2.45, 2.75) is 214 Å². The van der Waals surface area contributed by atoms with E-state index in [1.807, 2.05) is 0 Å². The molecule has 296 valence electrons. The summed E-state index contributed by atoms with van der Waals surface area (Å²) in [6, 6.07) is 15.9. The summed E-state index contributed by atoms with van der Waals surface area (Å²) in [5.74, 6) is 1.00. The molecule has 0 saturated heterocycles. The van der Waals surface area contributed by atoms with Gasteiger partial charge in [-0.05, 0) is 58.1 Å². The molecule has 2 aromatic heterocycles. The van der Waals surface area contributed by atoms with Crippen LogP contribution in [0.4, 0.5) is 0 Å². The van der Waals surface area contributed by atoms with E-state index in [0.29, 0.717) is 0 Å². The standard InChI is InChI=1S/C50H82N2O/c1-8-9-10-11-12-13-14-15-16-17-18-19-20-21-22-23-24-25-26-27-34-51-36-30-44(31-37-51)45-32-38-52(39-33-45)35-28-29-40-53-48-42-46(49(2,3)4)41-47(43-48)50(5,6)7/h30-33,36-39,41-43H,8-29,34-35,40H2,1-7H3/q+2. The lowest BCUT2D eigenvalue weighted by Crippen LogP contribution is -2.33. The fraction of sp³-hybridized carbons (Fsp3) is 0.680. The van der Waals surface area contributed by atoms with E-state index in [-0.39, 0.29) is 10.8 Å². The van der Waals surface area contributed by atoms with Gasteiger partial charge >= 0.3 is 0 Å². The van der Waals surface area contributed by atoms with Gasteiger partial charge in [-0.25, -0.2) is 9.13 Å². The van der Waals surface area contributed by atoms with Gasteiger partial charge in [-0.3, -0.25) is 0 Å². The Morgan fingerprint density at radius 2 is 0.736 bits per heavy atom. The molecule has 0 bridgehead atoms. The first-order valence-electron chi connectivity index (χ1n) is 22.3. The van der Waals surface area contributed by atoms with Crippen LogP contribution in [0.3, 0.4) is 0 Å². The van der Waals surface area contributed by atoms with Crippen LogP contribution >= 0.6 is 0 Å². The number of rotatable bonds is 28. The summed E-state index contributed by atoms with van der Waals surface area (Å²) in [6.45, 7) is 18.8. The summed E-state index contributed by atoms with van der Waals surface area (Å²) in [4.78, 5) is 0. The average Bonchev–Trinajstić information content (AvgIpc) is 3.13. The maximum Gasteiger partial charge on any atom is 0.169 e. The fourth-order valence-corrected chi connectivity index (χ4v) is 7.28. The SMILES string of the molecule is CCCCCCCCCCCCCCCCCCCCCC[n+]1ccc(-c2cc[n+](CCCCOc3cc(C(C)(C)C)cc(C(C)(C)C)c3)cc2)cc1. The van der Waals surface area contributed by atoms with Crippen LogP contribution < -0.4 is 13.9 Å². The Kier molecular flexibility index (Phi) is 21.4. The zero-order chi connectivity index (χ0) is 38.2. The molecular formula is C50H82N2O+2. The maximum absolute atomic E-state index is 6.27. The summed E-state index contributed by atoms with van der Waals surface area (Å²) >= 11 is 0. The molecule has 3 nitrogen and oxygen atoms in total. The van der Waals surface area contributed by atoms with Crippen molar-refractivity contribution in [2.24, 2.45) is 0 Å². The molecule has 0 N–H and O–H groups in total. The van der Waals surface area contributed by atoms with Gasteiger partial charge in [0.15, 0.2) is 24.8 Å². The van der Waals surface area contributed by atoms with Gasteiger partial charge in [0.2, 0.25) is 0 Å². The van der Waals surface area contributed by atoms with Crippen LogP contribution in [0.2, 0.25) is 0 Å². The first kappa shape index (κ1) is 44.7. The van der Waals surface area contributed by atoms with Gasteiger partial charge in [0, 0.05) is 37.1 Å². The van der Waals surface area contributed by atoms with Crippen molar-refractivity contribution in [2.75, 3.05) is 6.61 Å². The van der Waals surface area contributed by atoms with Gasteiger partial charge in [-0.1, -0.05) is 170 Å². The van der Waals surface area contributed by atoms with Crippen molar-refractivity contribution in [1.82, 2.24) is 0 Å². The molecule has 0 aliphatic heterocycles. The highest BCUT2D eigenvalue weighted by molar-refractivity contribution is 5.60. The van der Waals surface area contributed by atoms with Gasteiger partial charge in [-0.2, -0.15) is 0 Å². The molecule has 53 heavy (non-hydrogen) atoms. The van der Waals surface area contributed by atoms with E-state index >= 15 is 0 Å². The lowest BCUT2D eigenvalue weighted by Gasteiger charge is -2.26. The molecule has 0 fully saturated rings. The molecule has 0 amide bonds. The first-order chi connectivity index (χ1) is 25.6. The van der Waals surface area contributed by atoms with Gasteiger partial charge in [-0.15, -0.1) is 0 Å². The smallest absolute Gasteiger partial charge is 0.169 e. The van der Waals surface area contributed by atoms with Crippen LogP contribution in [-0.4, -0.2) is 6.61 Å². The zero-order valence-electron chi connectivity index (χ0n) is 35.8. The minimum absolute atomic E-state index is 0.105. The van der Waals surface area contributed by atoms with Gasteiger partial charge < -0.3 is 4.74 Å². The minimum Gasteiger partial charge on any atom is -0.494 e. The number of aromatic nitrogens is 2. The Bertz CT molecular complexity index is 1310. The van der Waals surface area contributed by atoms with Crippen LogP contribution in [0, 0.1) is 0 Å². The third-order valence-electron chi connectivity index (χ3n) is 11.1. The second-order valence-corrected chi connectivity index (χ2v) is 18.2. The second-order valence-electron chi connectivity index (χ2n) is 18.2. The van der Waals surface area contributed by atoms with E-state index in [4.69, 9.17) is 4.74 Å². The quantitative estimate of drug-likeness (QED) is 0.0538. The topological polar surface area (TPSA) is 17.0 Å². The average molecular weight is 727 g/mol. The van der Waals surface area contributed by atoms with E-state index in [0.717, 1.165) is 38.3 Å². The van der Waals surface area contributed by atoms with Crippen LogP contribution in [0.5, 0.6) is 5.75 Å². The van der Waals surface area contributed by atoms with Crippen LogP contribution in [0.1, 0.15) is 201 Å². The Balaban J connectivity index is 1.19. The molecule has 0 spiro atoms. The van der Waals surface area contributed by atoms with E-state index < -0.39 is 0 Å². The number of unbranched alkanes of at least 4 members (excludes halogenated alkanes) is 20. The van der Waals surface area contributed by atoms with Crippen molar-refractivity contribution in [3.05, 3.63) is 78.4 Å². The highest BCUT2D eigenvalue weighted by Gasteiger charge is 2.21. The number of benzene rings is 1. The largest absolute Gasteiger partial charge is 0.494 e. The number of aryl methyl sites for hydroxylation is 2. The molecule has 0 saturated carbocycles. The second kappa shape index (κ2) is 25.4. The normalized spacial score (nSPS) is 12.1. The molecule has 3 rings (SSSR count). The van der Waals surface area contributed by atoms with Crippen molar-refractivity contribution >= 4 is 0 Å². The molecule has 0 aliphatic rings. The molecule has 3 aromatic rings. The number of hydrogen-bond donors (Lipinski definition) is 0. The van der Waals surface area contributed by atoms with Crippen LogP contribution in [-0.2, 0) is 23.9 Å². The van der Waals surface area contributed by atoms with Crippen molar-refractivity contribution in [3.8, 4) is 16.9 Å². The number of hydrogen-bond acceptors (Lipinski definition) is 1. The Morgan fingerprint density at radius 3 is 1.08 bits per heavy atom. The maximum atomic E-state index is 6.27. The van der Waals surface area contributed by atoms with Crippen molar-refractivity contribution < 1.29 is 13.9 Å². The lowest BCUT2D eigenvalue weighted by molar-refractivity contribution is -0.697. The number of nitrogens with zero attached hydrogens (tertiary/aromatic N) is 2. The molecule has 0 atom stereocenters. The zero-order valence-corrected chi connectivity index (χ0v) is 35.8. The molecule has 3 heteroatoms. The summed E-state index contributed by atoms with van der Waals surface area (Å²) in [5, 5.41) is 0. The predicted octanol–water partition coefficient (Wildman–Crippen LogP) is 14.2. The van der Waals surface area contributed by atoms with E-state index in [2.05, 4.69) is 125 Å². The Labute approximate surface area is 328 Å². The van der Waals surface area contributed by atoms with Crippen LogP contribution in [0.15, 0.2) is 67.3 Å². The summed E-state index contributed by atoms with van der Waals surface area (Å²) in [5.41, 5.74) is 5.47. The third kappa shape index (κ3) is 19.5. The Hall–Kier alpha value is -2.68. The molecule has 0 radical (unpaired) electrons. The highest BCUT2D eigenvalue weighted by Crippen LogP contribution is 2.33. The summed E-state index contributed by atoms with van der Waals surface area (Å²) in [6.07, 6.45) is 39.7. The number of pyridine rings is 2. The minimum atomic E-state index is 0.105. The fourth-order valence-electron chi connectivity index (χ4n) is 7.28. The molecule has 0 unspecified atom stereocenters. The van der Waals surface area contributed by atoms with Gasteiger partial charge in [0.1, 0.15) is 18.8 Å². The van der Waals surface area contributed by atoms with Crippen molar-refractivity contribution in [1.29, 1.82) is 0 Å². The predicted molar refractivity (Wildman–Crippen MR) is 229 cm³/mol. The molecule has 2 heterocycles. The highest BCUT2D eigenvalue weighted by atomic mass is 16.5. The number of ether oxygens (including phenoxy) is 1. The Morgan fingerprint density at radius 1 is 0.415 bits per heavy atom. The lowest BCUT2D eigenvalue weighted by atomic mass is 9.80. The van der Waals surface area contributed by atoms with Crippen LogP contribution in [0.25, 0.3) is 11.1 Å².